The van der Waals surface area contributed by atoms with Crippen LogP contribution in [0.15, 0.2) is 64.3 Å². The average molecular weight is 446 g/mol. The minimum Gasteiger partial charge on any atom is -0.469 e. The number of para-hydroxylation sites is 1. The summed E-state index contributed by atoms with van der Waals surface area (Å²) < 4.78 is 7.43. The number of nitrogens with one attached hydrogen (secondary N) is 1. The van der Waals surface area contributed by atoms with E-state index >= 15 is 0 Å². The molecule has 0 saturated heterocycles. The van der Waals surface area contributed by atoms with Crippen molar-refractivity contribution in [1.29, 1.82) is 0 Å². The van der Waals surface area contributed by atoms with E-state index in [1.165, 1.54) is 7.11 Å². The van der Waals surface area contributed by atoms with E-state index in [9.17, 15) is 14.4 Å². The highest BCUT2D eigenvalue weighted by atomic mass is 16.5. The fourth-order valence-corrected chi connectivity index (χ4v) is 4.02. The second kappa shape index (κ2) is 9.73. The summed E-state index contributed by atoms with van der Waals surface area (Å²) in [5.74, 6) is -0.471. The molecule has 0 aliphatic carbocycles. The number of benzene rings is 2. The monoisotopic (exact) mass is 445 g/mol. The molecule has 0 bridgehead atoms. The predicted octanol–water partition coefficient (Wildman–Crippen LogP) is 4.07. The van der Waals surface area contributed by atoms with E-state index in [-0.39, 0.29) is 13.0 Å². The third kappa shape index (κ3) is 4.53. The Morgan fingerprint density at radius 3 is 2.70 bits per heavy atom. The summed E-state index contributed by atoms with van der Waals surface area (Å²) in [5.41, 5.74) is 2.53. The smallest absolute Gasteiger partial charge is 0.331 e. The third-order valence-electron chi connectivity index (χ3n) is 5.78. The average Bonchev–Trinajstić information content (AvgIpc) is 3.24. The van der Waals surface area contributed by atoms with Crippen molar-refractivity contribution < 1.29 is 9.53 Å². The van der Waals surface area contributed by atoms with Crippen molar-refractivity contribution in [1.82, 2.24) is 14.1 Å². The standard InChI is InChI=1S/C26H27N3O4/c1-3-4-5-8-18-11-12-23-21(15-18)25(31)28(14-13-24(30)33-2)26(32)29(23)17-19-16-27-22-10-7-6-9-20(19)22/h5-12,15-16,27H,3-4,13-14,17H2,1-2H3/b8-5+. The van der Waals surface area contributed by atoms with Crippen LogP contribution in [0.1, 0.15) is 37.3 Å². The highest BCUT2D eigenvalue weighted by Crippen LogP contribution is 2.20. The van der Waals surface area contributed by atoms with Crippen LogP contribution < -0.4 is 11.2 Å². The molecule has 33 heavy (non-hydrogen) atoms. The van der Waals surface area contributed by atoms with E-state index < -0.39 is 17.2 Å². The summed E-state index contributed by atoms with van der Waals surface area (Å²) in [6, 6.07) is 13.4. The second-order valence-electron chi connectivity index (χ2n) is 7.98. The molecule has 1 N–H and O–H groups in total. The van der Waals surface area contributed by atoms with Crippen LogP contribution in [0.3, 0.4) is 0 Å². The Hall–Kier alpha value is -3.87. The number of unbranched alkanes of at least 4 members (excludes halogenated alkanes) is 1. The van der Waals surface area contributed by atoms with E-state index in [0.717, 1.165) is 39.4 Å². The third-order valence-corrected chi connectivity index (χ3v) is 5.78. The zero-order chi connectivity index (χ0) is 23.4. The van der Waals surface area contributed by atoms with Gasteiger partial charge in [-0.15, -0.1) is 0 Å². The topological polar surface area (TPSA) is 86.1 Å². The summed E-state index contributed by atoms with van der Waals surface area (Å²) in [5, 5.41) is 1.46. The largest absolute Gasteiger partial charge is 0.469 e. The van der Waals surface area contributed by atoms with Gasteiger partial charge in [0.15, 0.2) is 0 Å². The summed E-state index contributed by atoms with van der Waals surface area (Å²) in [4.78, 5) is 41.6. The van der Waals surface area contributed by atoms with Crippen molar-refractivity contribution in [3.63, 3.8) is 0 Å². The van der Waals surface area contributed by atoms with Gasteiger partial charge in [0, 0.05) is 23.6 Å². The van der Waals surface area contributed by atoms with Crippen molar-refractivity contribution >= 4 is 33.9 Å². The molecule has 7 nitrogen and oxygen atoms in total. The summed E-state index contributed by atoms with van der Waals surface area (Å²) in [6.45, 7) is 2.36. The Bertz CT molecular complexity index is 1460. The Labute approximate surface area is 190 Å². The van der Waals surface area contributed by atoms with Crippen molar-refractivity contribution in [3.8, 4) is 0 Å². The maximum Gasteiger partial charge on any atom is 0.331 e. The molecule has 4 rings (SSSR count). The zero-order valence-electron chi connectivity index (χ0n) is 18.8. The lowest BCUT2D eigenvalue weighted by molar-refractivity contribution is -0.140. The van der Waals surface area contributed by atoms with Crippen LogP contribution in [0.4, 0.5) is 0 Å². The first-order valence-electron chi connectivity index (χ1n) is 11.1. The number of ether oxygens (including phenoxy) is 1. The summed E-state index contributed by atoms with van der Waals surface area (Å²) in [7, 11) is 1.29. The summed E-state index contributed by atoms with van der Waals surface area (Å²) in [6.07, 6.45) is 7.86. The number of hydrogen-bond acceptors (Lipinski definition) is 4. The molecule has 0 radical (unpaired) electrons. The van der Waals surface area contributed by atoms with Crippen LogP contribution >= 0.6 is 0 Å². The molecular weight excluding hydrogens is 418 g/mol. The van der Waals surface area contributed by atoms with Gasteiger partial charge in [0.2, 0.25) is 0 Å². The number of aromatic amines is 1. The minimum atomic E-state index is -0.471. The van der Waals surface area contributed by atoms with E-state index in [4.69, 9.17) is 4.74 Å². The Kier molecular flexibility index (Phi) is 6.58. The van der Waals surface area contributed by atoms with Gasteiger partial charge in [0.05, 0.1) is 31.0 Å². The van der Waals surface area contributed by atoms with Crippen LogP contribution in [0.5, 0.6) is 0 Å². The molecule has 2 aromatic carbocycles. The van der Waals surface area contributed by atoms with Crippen LogP contribution in [0, 0.1) is 0 Å². The highest BCUT2D eigenvalue weighted by Gasteiger charge is 2.16. The number of allylic oxidation sites excluding steroid dienone is 1. The number of aromatic nitrogens is 3. The lowest BCUT2D eigenvalue weighted by Crippen LogP contribution is -2.40. The second-order valence-corrected chi connectivity index (χ2v) is 7.98. The van der Waals surface area contributed by atoms with E-state index in [1.807, 2.05) is 54.7 Å². The van der Waals surface area contributed by atoms with Gasteiger partial charge in [0.25, 0.3) is 5.56 Å². The molecule has 0 aliphatic rings. The molecule has 0 aliphatic heterocycles. The van der Waals surface area contributed by atoms with Crippen LogP contribution in [0.25, 0.3) is 27.9 Å². The SMILES string of the molecule is CCC/C=C/c1ccc2c(c1)c(=O)n(CCC(=O)OC)c(=O)n2Cc1c[nH]c2ccccc12. The number of methoxy groups -OCH3 is 1. The van der Waals surface area contributed by atoms with E-state index in [0.29, 0.717) is 17.4 Å². The lowest BCUT2D eigenvalue weighted by Gasteiger charge is -2.14. The van der Waals surface area contributed by atoms with Gasteiger partial charge in [-0.3, -0.25) is 18.7 Å². The molecule has 170 valence electrons. The molecule has 2 heterocycles. The predicted molar refractivity (Wildman–Crippen MR) is 130 cm³/mol. The zero-order valence-corrected chi connectivity index (χ0v) is 18.8. The van der Waals surface area contributed by atoms with Gasteiger partial charge in [-0.25, -0.2) is 4.79 Å². The molecule has 0 fully saturated rings. The molecular formula is C26H27N3O4. The quantitative estimate of drug-likeness (QED) is 0.414. The molecule has 2 aromatic heterocycles. The van der Waals surface area contributed by atoms with Gasteiger partial charge in [0.1, 0.15) is 0 Å². The maximum atomic E-state index is 13.4. The van der Waals surface area contributed by atoms with E-state index in [2.05, 4.69) is 18.0 Å². The Balaban J connectivity index is 1.88. The molecule has 0 saturated carbocycles. The van der Waals surface area contributed by atoms with Crippen LogP contribution in [-0.2, 0) is 22.6 Å². The first kappa shape index (κ1) is 22.3. The molecule has 0 spiro atoms. The molecule has 7 heteroatoms. The van der Waals surface area contributed by atoms with Crippen LogP contribution in [0.2, 0.25) is 0 Å². The first-order valence-corrected chi connectivity index (χ1v) is 11.1. The van der Waals surface area contributed by atoms with Crippen molar-refractivity contribution in [3.05, 3.63) is 86.7 Å². The molecule has 0 unspecified atom stereocenters. The lowest BCUT2D eigenvalue weighted by atomic mass is 10.1. The molecule has 0 amide bonds. The molecule has 4 aromatic rings. The summed E-state index contributed by atoms with van der Waals surface area (Å²) >= 11 is 0. The highest BCUT2D eigenvalue weighted by molar-refractivity contribution is 5.84. The number of esters is 1. The van der Waals surface area contributed by atoms with Crippen molar-refractivity contribution in [2.45, 2.75) is 39.3 Å². The fraction of sp³-hybridized carbons (Fsp3) is 0.269. The van der Waals surface area contributed by atoms with Gasteiger partial charge in [-0.2, -0.15) is 0 Å². The number of rotatable bonds is 8. The van der Waals surface area contributed by atoms with Crippen LogP contribution in [-0.4, -0.2) is 27.2 Å². The van der Waals surface area contributed by atoms with Crippen molar-refractivity contribution in [2.24, 2.45) is 0 Å². The van der Waals surface area contributed by atoms with Gasteiger partial charge in [-0.1, -0.05) is 49.8 Å². The number of carbonyl (C=O) groups is 1. The van der Waals surface area contributed by atoms with E-state index in [1.54, 1.807) is 4.57 Å². The number of H-pyrrole nitrogens is 1. The number of hydrogen-bond donors (Lipinski definition) is 1. The number of fused-ring (bicyclic) bond motifs is 2. The van der Waals surface area contributed by atoms with Gasteiger partial charge >= 0.3 is 11.7 Å². The van der Waals surface area contributed by atoms with Crippen molar-refractivity contribution in [2.75, 3.05) is 7.11 Å². The first-order chi connectivity index (χ1) is 16.0. The Morgan fingerprint density at radius 1 is 1.09 bits per heavy atom. The van der Waals surface area contributed by atoms with Gasteiger partial charge in [-0.05, 0) is 35.7 Å². The maximum absolute atomic E-state index is 13.4. The Morgan fingerprint density at radius 2 is 1.91 bits per heavy atom. The van der Waals surface area contributed by atoms with Gasteiger partial charge < -0.3 is 9.72 Å². The number of nitrogens with zero attached hydrogens (tertiary/aromatic N) is 2. The number of carbonyl (C=O) groups excluding carboxylic acids is 1. The fourth-order valence-electron chi connectivity index (χ4n) is 4.02. The minimum absolute atomic E-state index is 0.0376. The molecule has 0 atom stereocenters. The normalized spacial score (nSPS) is 11.6.